The summed E-state index contributed by atoms with van der Waals surface area (Å²) >= 11 is 0. The molecule has 1 heterocycles. The van der Waals surface area contributed by atoms with Crippen LogP contribution in [0.4, 0.5) is 0 Å². The van der Waals surface area contributed by atoms with Crippen molar-refractivity contribution in [2.24, 2.45) is 5.41 Å². The summed E-state index contributed by atoms with van der Waals surface area (Å²) in [5.41, 5.74) is -0.0591. The van der Waals surface area contributed by atoms with Gasteiger partial charge in [-0.25, -0.2) is 0 Å². The lowest BCUT2D eigenvalue weighted by molar-refractivity contribution is -0.160. The Bertz CT molecular complexity index is 286. The third kappa shape index (κ3) is 5.38. The first kappa shape index (κ1) is 15.5. The van der Waals surface area contributed by atoms with Gasteiger partial charge < -0.3 is 4.74 Å². The fourth-order valence-corrected chi connectivity index (χ4v) is 2.21. The molecule has 1 saturated heterocycles. The van der Waals surface area contributed by atoms with Crippen molar-refractivity contribution in [3.05, 3.63) is 0 Å². The van der Waals surface area contributed by atoms with Crippen molar-refractivity contribution in [1.29, 1.82) is 0 Å². The van der Waals surface area contributed by atoms with Gasteiger partial charge in [0.05, 0.1) is 0 Å². The number of nitrogens with zero attached hydrogens (tertiary/aromatic N) is 1. The number of carbonyl (C=O) groups is 1. The Morgan fingerprint density at radius 2 is 1.83 bits per heavy atom. The van der Waals surface area contributed by atoms with Crippen LogP contribution in [0.15, 0.2) is 0 Å². The highest BCUT2D eigenvalue weighted by Crippen LogP contribution is 2.25. The SMILES string of the molecule is CC(C)(C)CCN1CCC[C@@H]1C(=O)OC(C)(C)C. The second-order valence-electron chi connectivity index (χ2n) is 7.54. The maximum absolute atomic E-state index is 12.1. The molecule has 0 N–H and O–H groups in total. The molecule has 0 aromatic heterocycles. The number of carbonyl (C=O) groups excluding carboxylic acids is 1. The maximum Gasteiger partial charge on any atom is 0.323 e. The summed E-state index contributed by atoms with van der Waals surface area (Å²) in [6.07, 6.45) is 3.17. The lowest BCUT2D eigenvalue weighted by atomic mass is 9.92. The van der Waals surface area contributed by atoms with Gasteiger partial charge in [-0.05, 0) is 58.5 Å². The molecule has 18 heavy (non-hydrogen) atoms. The van der Waals surface area contributed by atoms with E-state index in [2.05, 4.69) is 25.7 Å². The zero-order chi connectivity index (χ0) is 14.0. The van der Waals surface area contributed by atoms with Crippen LogP contribution in [0.2, 0.25) is 0 Å². The van der Waals surface area contributed by atoms with Crippen molar-refractivity contribution in [2.45, 2.75) is 72.4 Å². The van der Waals surface area contributed by atoms with Crippen molar-refractivity contribution < 1.29 is 9.53 Å². The molecule has 1 fully saturated rings. The molecule has 106 valence electrons. The monoisotopic (exact) mass is 255 g/mol. The maximum atomic E-state index is 12.1. The van der Waals surface area contributed by atoms with Crippen molar-refractivity contribution in [3.8, 4) is 0 Å². The summed E-state index contributed by atoms with van der Waals surface area (Å²) in [6.45, 7) is 14.5. The number of hydrogen-bond acceptors (Lipinski definition) is 3. The average molecular weight is 255 g/mol. The molecule has 1 rings (SSSR count). The highest BCUT2D eigenvalue weighted by atomic mass is 16.6. The Balaban J connectivity index is 2.51. The molecule has 1 aliphatic rings. The first-order valence-electron chi connectivity index (χ1n) is 7.05. The summed E-state index contributed by atoms with van der Waals surface area (Å²) < 4.78 is 5.50. The zero-order valence-electron chi connectivity index (χ0n) is 12.9. The van der Waals surface area contributed by atoms with Crippen LogP contribution in [0.5, 0.6) is 0 Å². The van der Waals surface area contributed by atoms with E-state index in [0.29, 0.717) is 5.41 Å². The van der Waals surface area contributed by atoms with Gasteiger partial charge in [-0.2, -0.15) is 0 Å². The Morgan fingerprint density at radius 3 is 2.33 bits per heavy atom. The fourth-order valence-electron chi connectivity index (χ4n) is 2.21. The van der Waals surface area contributed by atoms with E-state index in [1.54, 1.807) is 0 Å². The van der Waals surface area contributed by atoms with Gasteiger partial charge in [-0.1, -0.05) is 20.8 Å². The van der Waals surface area contributed by atoms with E-state index in [1.165, 1.54) is 0 Å². The molecule has 0 aliphatic carbocycles. The molecule has 1 aliphatic heterocycles. The van der Waals surface area contributed by atoms with E-state index >= 15 is 0 Å². The van der Waals surface area contributed by atoms with Crippen LogP contribution < -0.4 is 0 Å². The van der Waals surface area contributed by atoms with E-state index in [9.17, 15) is 4.79 Å². The lowest BCUT2D eigenvalue weighted by Gasteiger charge is -2.29. The van der Waals surface area contributed by atoms with E-state index in [4.69, 9.17) is 4.74 Å². The number of ether oxygens (including phenoxy) is 1. The number of hydrogen-bond donors (Lipinski definition) is 0. The number of likely N-dealkylation sites (tertiary alicyclic amines) is 1. The van der Waals surface area contributed by atoms with Crippen LogP contribution in [0.25, 0.3) is 0 Å². The molecule has 0 amide bonds. The smallest absolute Gasteiger partial charge is 0.323 e. The quantitative estimate of drug-likeness (QED) is 0.725. The largest absolute Gasteiger partial charge is 0.459 e. The van der Waals surface area contributed by atoms with Gasteiger partial charge in [0.2, 0.25) is 0 Å². The van der Waals surface area contributed by atoms with Crippen LogP contribution in [0, 0.1) is 5.41 Å². The first-order chi connectivity index (χ1) is 8.08. The first-order valence-corrected chi connectivity index (χ1v) is 7.05. The highest BCUT2D eigenvalue weighted by Gasteiger charge is 2.34. The second kappa shape index (κ2) is 5.60. The third-order valence-corrected chi connectivity index (χ3v) is 3.19. The molecule has 0 radical (unpaired) electrons. The minimum absolute atomic E-state index is 0.0217. The Labute approximate surface area is 112 Å². The predicted octanol–water partition coefficient (Wildman–Crippen LogP) is 3.23. The molecule has 0 spiro atoms. The molecule has 3 nitrogen and oxygen atoms in total. The topological polar surface area (TPSA) is 29.5 Å². The molecular weight excluding hydrogens is 226 g/mol. The van der Waals surface area contributed by atoms with Gasteiger partial charge in [-0.15, -0.1) is 0 Å². The Morgan fingerprint density at radius 1 is 1.22 bits per heavy atom. The minimum atomic E-state index is -0.380. The molecule has 0 unspecified atom stereocenters. The van der Waals surface area contributed by atoms with E-state index < -0.39 is 0 Å². The van der Waals surface area contributed by atoms with Gasteiger partial charge in [-0.3, -0.25) is 9.69 Å². The molecule has 0 aromatic carbocycles. The van der Waals surface area contributed by atoms with E-state index in [-0.39, 0.29) is 17.6 Å². The average Bonchev–Trinajstić information content (AvgIpc) is 2.58. The van der Waals surface area contributed by atoms with Crippen molar-refractivity contribution in [1.82, 2.24) is 4.90 Å². The van der Waals surface area contributed by atoms with Crippen LogP contribution >= 0.6 is 0 Å². The minimum Gasteiger partial charge on any atom is -0.459 e. The normalized spacial score (nSPS) is 22.2. The predicted molar refractivity (Wildman–Crippen MR) is 74.5 cm³/mol. The zero-order valence-corrected chi connectivity index (χ0v) is 12.9. The van der Waals surface area contributed by atoms with Crippen molar-refractivity contribution in [3.63, 3.8) is 0 Å². The third-order valence-electron chi connectivity index (χ3n) is 3.19. The number of rotatable bonds is 3. The summed E-state index contributed by atoms with van der Waals surface area (Å²) in [6, 6.07) is -0.0217. The molecule has 1 atom stereocenters. The highest BCUT2D eigenvalue weighted by molar-refractivity contribution is 5.76. The van der Waals surface area contributed by atoms with Crippen molar-refractivity contribution in [2.75, 3.05) is 13.1 Å². The van der Waals surface area contributed by atoms with E-state index in [0.717, 1.165) is 32.4 Å². The standard InChI is InChI=1S/C15H29NO2/c1-14(2,3)9-11-16-10-7-8-12(16)13(17)18-15(4,5)6/h12H,7-11H2,1-6H3/t12-/m1/s1. The van der Waals surface area contributed by atoms with Gasteiger partial charge >= 0.3 is 5.97 Å². The lowest BCUT2D eigenvalue weighted by Crippen LogP contribution is -2.41. The van der Waals surface area contributed by atoms with Crippen LogP contribution in [-0.2, 0) is 9.53 Å². The molecule has 0 aromatic rings. The van der Waals surface area contributed by atoms with Gasteiger partial charge in [0, 0.05) is 0 Å². The van der Waals surface area contributed by atoms with Gasteiger partial charge in [0.1, 0.15) is 11.6 Å². The molecule has 0 bridgehead atoms. The van der Waals surface area contributed by atoms with Crippen LogP contribution in [0.3, 0.4) is 0 Å². The van der Waals surface area contributed by atoms with Gasteiger partial charge in [0.15, 0.2) is 0 Å². The summed E-state index contributed by atoms with van der Waals surface area (Å²) in [4.78, 5) is 14.4. The van der Waals surface area contributed by atoms with Gasteiger partial charge in [0.25, 0.3) is 0 Å². The van der Waals surface area contributed by atoms with Crippen LogP contribution in [0.1, 0.15) is 60.8 Å². The fraction of sp³-hybridized carbons (Fsp3) is 0.933. The summed E-state index contributed by atoms with van der Waals surface area (Å²) in [5.74, 6) is -0.0473. The molecule has 3 heteroatoms. The summed E-state index contributed by atoms with van der Waals surface area (Å²) in [7, 11) is 0. The van der Waals surface area contributed by atoms with Crippen molar-refractivity contribution >= 4 is 5.97 Å². The number of esters is 1. The Kier molecular flexibility index (Phi) is 4.82. The van der Waals surface area contributed by atoms with E-state index in [1.807, 2.05) is 20.8 Å². The Hall–Kier alpha value is -0.570. The molecular formula is C15H29NO2. The second-order valence-corrected chi connectivity index (χ2v) is 7.54. The summed E-state index contributed by atoms with van der Waals surface area (Å²) in [5, 5.41) is 0. The molecule has 0 saturated carbocycles. The van der Waals surface area contributed by atoms with Crippen LogP contribution in [-0.4, -0.2) is 35.6 Å².